The minimum Gasteiger partial charge on any atom is -0.395 e. The highest BCUT2D eigenvalue weighted by Crippen LogP contribution is 2.59. The topological polar surface area (TPSA) is 57.6 Å². The number of aliphatic hydroxyl groups is 1. The van der Waals surface area contributed by atoms with Crippen LogP contribution < -0.4 is 0 Å². The smallest absolute Gasteiger partial charge is 0.234 e. The number of aliphatic hydroxyl groups excluding tert-OH is 1. The SMILES string of the molecule is CC12C=CC(C1)C1C(=O)N(CCO)C(=O)C12. The van der Waals surface area contributed by atoms with Gasteiger partial charge in [0.25, 0.3) is 0 Å². The van der Waals surface area contributed by atoms with Crippen LogP contribution in [0, 0.1) is 23.2 Å². The van der Waals surface area contributed by atoms with Crippen LogP contribution in [0.25, 0.3) is 0 Å². The number of carbonyl (C=O) groups is 2. The predicted molar refractivity (Wildman–Crippen MR) is 56.1 cm³/mol. The summed E-state index contributed by atoms with van der Waals surface area (Å²) in [6.45, 7) is 2.06. The summed E-state index contributed by atoms with van der Waals surface area (Å²) >= 11 is 0. The van der Waals surface area contributed by atoms with E-state index in [4.69, 9.17) is 5.11 Å². The zero-order valence-electron chi connectivity index (χ0n) is 9.22. The van der Waals surface area contributed by atoms with E-state index in [9.17, 15) is 9.59 Å². The molecule has 4 unspecified atom stereocenters. The lowest BCUT2D eigenvalue weighted by Crippen LogP contribution is -2.36. The number of amides is 2. The van der Waals surface area contributed by atoms with Gasteiger partial charge in [-0.1, -0.05) is 19.1 Å². The van der Waals surface area contributed by atoms with Gasteiger partial charge in [0, 0.05) is 0 Å². The number of imide groups is 1. The number of hydrogen-bond donors (Lipinski definition) is 1. The molecule has 0 aromatic carbocycles. The average Bonchev–Trinajstić information content (AvgIpc) is 2.83. The number of fused-ring (bicyclic) bond motifs is 5. The molecule has 3 rings (SSSR count). The molecule has 16 heavy (non-hydrogen) atoms. The quantitative estimate of drug-likeness (QED) is 0.534. The molecule has 2 bridgehead atoms. The summed E-state index contributed by atoms with van der Waals surface area (Å²) in [5.41, 5.74) is -0.133. The van der Waals surface area contributed by atoms with E-state index in [1.165, 1.54) is 4.90 Å². The fourth-order valence-corrected chi connectivity index (χ4v) is 3.66. The fourth-order valence-electron chi connectivity index (χ4n) is 3.66. The van der Waals surface area contributed by atoms with Crippen LogP contribution in [0.5, 0.6) is 0 Å². The van der Waals surface area contributed by atoms with Crippen molar-refractivity contribution in [1.29, 1.82) is 0 Å². The van der Waals surface area contributed by atoms with Gasteiger partial charge >= 0.3 is 0 Å². The predicted octanol–water partition coefficient (Wildman–Crippen LogP) is 0.176. The van der Waals surface area contributed by atoms with E-state index in [0.717, 1.165) is 6.42 Å². The first-order valence-electron chi connectivity index (χ1n) is 5.74. The van der Waals surface area contributed by atoms with Crippen molar-refractivity contribution in [2.75, 3.05) is 13.2 Å². The van der Waals surface area contributed by atoms with Gasteiger partial charge in [-0.05, 0) is 17.8 Å². The summed E-state index contributed by atoms with van der Waals surface area (Å²) < 4.78 is 0. The maximum atomic E-state index is 12.1. The van der Waals surface area contributed by atoms with Crippen molar-refractivity contribution >= 4 is 11.8 Å². The molecule has 1 N–H and O–H groups in total. The third-order valence-electron chi connectivity index (χ3n) is 4.34. The Labute approximate surface area is 93.9 Å². The molecule has 0 aromatic heterocycles. The van der Waals surface area contributed by atoms with Crippen LogP contribution in [0.4, 0.5) is 0 Å². The number of likely N-dealkylation sites (tertiary alicyclic amines) is 1. The van der Waals surface area contributed by atoms with Crippen LogP contribution in [0.3, 0.4) is 0 Å². The third kappa shape index (κ3) is 0.981. The molecule has 4 nitrogen and oxygen atoms in total. The number of rotatable bonds is 2. The Morgan fingerprint density at radius 2 is 2.25 bits per heavy atom. The highest BCUT2D eigenvalue weighted by atomic mass is 16.3. The van der Waals surface area contributed by atoms with Crippen molar-refractivity contribution in [3.63, 3.8) is 0 Å². The van der Waals surface area contributed by atoms with Gasteiger partial charge in [-0.2, -0.15) is 0 Å². The largest absolute Gasteiger partial charge is 0.395 e. The Kier molecular flexibility index (Phi) is 1.84. The molecule has 4 atom stereocenters. The zero-order chi connectivity index (χ0) is 11.5. The van der Waals surface area contributed by atoms with Crippen molar-refractivity contribution in [3.8, 4) is 0 Å². The summed E-state index contributed by atoms with van der Waals surface area (Å²) in [7, 11) is 0. The van der Waals surface area contributed by atoms with E-state index < -0.39 is 0 Å². The summed E-state index contributed by atoms with van der Waals surface area (Å²) in [6, 6.07) is 0. The first-order chi connectivity index (χ1) is 7.58. The second-order valence-electron chi connectivity index (χ2n) is 5.29. The molecule has 2 fully saturated rings. The van der Waals surface area contributed by atoms with Gasteiger partial charge in [0.15, 0.2) is 0 Å². The van der Waals surface area contributed by atoms with E-state index in [0.29, 0.717) is 0 Å². The minimum absolute atomic E-state index is 0.0814. The molecule has 0 spiro atoms. The van der Waals surface area contributed by atoms with Crippen LogP contribution in [-0.2, 0) is 9.59 Å². The molecule has 0 aromatic rings. The highest BCUT2D eigenvalue weighted by molar-refractivity contribution is 6.06. The van der Waals surface area contributed by atoms with Crippen molar-refractivity contribution < 1.29 is 14.7 Å². The molecule has 0 radical (unpaired) electrons. The first-order valence-corrected chi connectivity index (χ1v) is 5.74. The lowest BCUT2D eigenvalue weighted by molar-refractivity contribution is -0.141. The van der Waals surface area contributed by atoms with Gasteiger partial charge in [0.05, 0.1) is 25.0 Å². The van der Waals surface area contributed by atoms with Crippen LogP contribution in [0.15, 0.2) is 12.2 Å². The van der Waals surface area contributed by atoms with Crippen molar-refractivity contribution in [2.24, 2.45) is 23.2 Å². The molecule has 3 aliphatic rings. The highest BCUT2D eigenvalue weighted by Gasteiger charge is 2.63. The van der Waals surface area contributed by atoms with E-state index >= 15 is 0 Å². The molecule has 1 saturated heterocycles. The lowest BCUT2D eigenvalue weighted by atomic mass is 9.76. The molecule has 2 aliphatic carbocycles. The molecule has 1 aliphatic heterocycles. The number of allylic oxidation sites excluding steroid dienone is 2. The number of nitrogens with zero attached hydrogens (tertiary/aromatic N) is 1. The summed E-state index contributed by atoms with van der Waals surface area (Å²) in [5, 5.41) is 8.88. The van der Waals surface area contributed by atoms with Crippen LogP contribution in [-0.4, -0.2) is 35.0 Å². The Morgan fingerprint density at radius 3 is 2.88 bits per heavy atom. The van der Waals surface area contributed by atoms with Gasteiger partial charge < -0.3 is 5.11 Å². The summed E-state index contributed by atoms with van der Waals surface area (Å²) in [4.78, 5) is 25.5. The average molecular weight is 221 g/mol. The number of carbonyl (C=O) groups excluding carboxylic acids is 2. The van der Waals surface area contributed by atoms with E-state index in [2.05, 4.69) is 19.1 Å². The van der Waals surface area contributed by atoms with Crippen molar-refractivity contribution in [3.05, 3.63) is 12.2 Å². The van der Waals surface area contributed by atoms with E-state index in [1.54, 1.807) is 0 Å². The van der Waals surface area contributed by atoms with E-state index in [-0.39, 0.29) is 48.1 Å². The minimum atomic E-state index is -0.179. The molecule has 2 amide bonds. The van der Waals surface area contributed by atoms with Crippen LogP contribution in [0.1, 0.15) is 13.3 Å². The van der Waals surface area contributed by atoms with Gasteiger partial charge in [-0.3, -0.25) is 14.5 Å². The Morgan fingerprint density at radius 1 is 1.50 bits per heavy atom. The molecular weight excluding hydrogens is 206 g/mol. The summed E-state index contributed by atoms with van der Waals surface area (Å²) in [6.07, 6.45) is 5.09. The van der Waals surface area contributed by atoms with Crippen molar-refractivity contribution in [2.45, 2.75) is 13.3 Å². The normalized spacial score (nSPS) is 44.6. The maximum absolute atomic E-state index is 12.1. The third-order valence-corrected chi connectivity index (χ3v) is 4.34. The van der Waals surface area contributed by atoms with Gasteiger partial charge in [-0.25, -0.2) is 0 Å². The Balaban J connectivity index is 1.98. The van der Waals surface area contributed by atoms with Gasteiger partial charge in [0.2, 0.25) is 11.8 Å². The van der Waals surface area contributed by atoms with Crippen molar-refractivity contribution in [1.82, 2.24) is 4.90 Å². The Hall–Kier alpha value is -1.16. The second kappa shape index (κ2) is 2.94. The molecular formula is C12H15NO3. The fraction of sp³-hybridized carbons (Fsp3) is 0.667. The van der Waals surface area contributed by atoms with Gasteiger partial charge in [-0.15, -0.1) is 0 Å². The van der Waals surface area contributed by atoms with E-state index in [1.807, 2.05) is 0 Å². The number of β-amino-alcohol motifs (C(OH)–C–C–N with tert-alkyl or cyclic N) is 1. The molecule has 1 saturated carbocycles. The van der Waals surface area contributed by atoms with Gasteiger partial charge in [0.1, 0.15) is 0 Å². The monoisotopic (exact) mass is 221 g/mol. The lowest BCUT2D eigenvalue weighted by Gasteiger charge is -2.25. The standard InChI is InChI=1S/C12H15NO3/c1-12-3-2-7(6-12)8-9(12)11(16)13(4-5-14)10(8)15/h2-3,7-9,14H,4-6H2,1H3. The number of hydrogen-bond acceptors (Lipinski definition) is 3. The zero-order valence-corrected chi connectivity index (χ0v) is 9.22. The molecule has 1 heterocycles. The van der Waals surface area contributed by atoms with Crippen LogP contribution in [0.2, 0.25) is 0 Å². The second-order valence-corrected chi connectivity index (χ2v) is 5.29. The van der Waals surface area contributed by atoms with Crippen LogP contribution >= 0.6 is 0 Å². The molecule has 86 valence electrons. The maximum Gasteiger partial charge on any atom is 0.234 e. The Bertz CT molecular complexity index is 403. The molecule has 4 heteroatoms. The first kappa shape index (κ1) is 10.0. The summed E-state index contributed by atoms with van der Waals surface area (Å²) in [5.74, 6) is -0.272.